The van der Waals surface area contributed by atoms with E-state index in [1.807, 2.05) is 12.1 Å². The van der Waals surface area contributed by atoms with Crippen molar-refractivity contribution in [3.8, 4) is 11.5 Å². The minimum Gasteiger partial charge on any atom is -0.504 e. The summed E-state index contributed by atoms with van der Waals surface area (Å²) in [4.78, 5) is 15.0. The molecule has 1 amide bonds. The summed E-state index contributed by atoms with van der Waals surface area (Å²) in [5.41, 5.74) is 0.916. The van der Waals surface area contributed by atoms with E-state index in [0.29, 0.717) is 29.4 Å². The largest absolute Gasteiger partial charge is 0.504 e. The van der Waals surface area contributed by atoms with Crippen molar-refractivity contribution in [2.75, 3.05) is 25.5 Å². The molecule has 3 atom stereocenters. The fourth-order valence-electron chi connectivity index (χ4n) is 5.16. The summed E-state index contributed by atoms with van der Waals surface area (Å²) in [6, 6.07) is 12.2. The molecule has 0 aromatic heterocycles. The molecule has 4 rings (SSSR count). The lowest BCUT2D eigenvalue weighted by Crippen LogP contribution is -2.56. The van der Waals surface area contributed by atoms with E-state index in [2.05, 4.69) is 10.2 Å². The highest BCUT2D eigenvalue weighted by atomic mass is 35.5. The van der Waals surface area contributed by atoms with Crippen LogP contribution in [0.3, 0.4) is 0 Å². The summed E-state index contributed by atoms with van der Waals surface area (Å²) in [7, 11) is 1.52. The van der Waals surface area contributed by atoms with Crippen LogP contribution in [-0.2, 0) is 4.79 Å². The van der Waals surface area contributed by atoms with E-state index < -0.39 is 5.60 Å². The van der Waals surface area contributed by atoms with Crippen molar-refractivity contribution in [2.24, 2.45) is 5.92 Å². The number of nitrogens with zero attached hydrogens (tertiary/aromatic N) is 1. The highest BCUT2D eigenvalue weighted by molar-refractivity contribution is 6.30. The minimum atomic E-state index is -0.725. The van der Waals surface area contributed by atoms with Crippen molar-refractivity contribution < 1.29 is 19.7 Å². The SMILES string of the molecule is COc1cc(C2C3CCCCC3(O)CCN2CC(=O)Nc2ccc(Cl)cc2)ccc1O. The Morgan fingerprint density at radius 2 is 2.00 bits per heavy atom. The van der Waals surface area contributed by atoms with Crippen LogP contribution in [-0.4, -0.2) is 46.8 Å². The summed E-state index contributed by atoms with van der Waals surface area (Å²) in [5, 5.41) is 25.0. The van der Waals surface area contributed by atoms with Gasteiger partial charge in [0, 0.05) is 29.2 Å². The smallest absolute Gasteiger partial charge is 0.238 e. The number of anilines is 1. The van der Waals surface area contributed by atoms with Gasteiger partial charge in [-0.3, -0.25) is 9.69 Å². The molecule has 2 aromatic rings. The first-order valence-electron chi connectivity index (χ1n) is 10.8. The Kier molecular flexibility index (Phi) is 6.42. The van der Waals surface area contributed by atoms with Crippen LogP contribution in [0.15, 0.2) is 42.5 Å². The molecule has 3 unspecified atom stereocenters. The van der Waals surface area contributed by atoms with Crippen molar-refractivity contribution in [1.82, 2.24) is 4.90 Å². The van der Waals surface area contributed by atoms with E-state index in [1.54, 1.807) is 30.3 Å². The standard InChI is InChI=1S/C24H29ClN2O4/c1-31-21-14-16(5-10-20(21)28)23-19-4-2-3-11-24(19,30)12-13-27(23)15-22(29)26-18-8-6-17(25)7-9-18/h5-10,14,19,23,28,30H,2-4,11-13,15H2,1H3,(H,26,29). The highest BCUT2D eigenvalue weighted by Gasteiger charge is 2.49. The summed E-state index contributed by atoms with van der Waals surface area (Å²) in [6.07, 6.45) is 4.42. The highest BCUT2D eigenvalue weighted by Crippen LogP contribution is 2.50. The Balaban J connectivity index is 1.60. The van der Waals surface area contributed by atoms with Crippen LogP contribution in [0.2, 0.25) is 5.02 Å². The fraction of sp³-hybridized carbons (Fsp3) is 0.458. The average molecular weight is 445 g/mol. The van der Waals surface area contributed by atoms with Gasteiger partial charge in [0.1, 0.15) is 0 Å². The predicted molar refractivity (Wildman–Crippen MR) is 121 cm³/mol. The maximum atomic E-state index is 12.8. The predicted octanol–water partition coefficient (Wildman–Crippen LogP) is 4.36. The Labute approximate surface area is 187 Å². The molecule has 1 aliphatic carbocycles. The average Bonchev–Trinajstić information content (AvgIpc) is 2.76. The normalized spacial score (nSPS) is 26.2. The van der Waals surface area contributed by atoms with Gasteiger partial charge in [-0.05, 0) is 61.2 Å². The molecule has 1 saturated carbocycles. The second-order valence-electron chi connectivity index (χ2n) is 8.61. The number of ether oxygens (including phenoxy) is 1. The third-order valence-electron chi connectivity index (χ3n) is 6.69. The van der Waals surface area contributed by atoms with Crippen LogP contribution in [0.1, 0.15) is 43.7 Å². The number of nitrogens with one attached hydrogen (secondary N) is 1. The van der Waals surface area contributed by atoms with Gasteiger partial charge in [0.15, 0.2) is 11.5 Å². The van der Waals surface area contributed by atoms with Crippen LogP contribution in [0.25, 0.3) is 0 Å². The Morgan fingerprint density at radius 1 is 1.23 bits per heavy atom. The molecule has 0 bridgehead atoms. The molecule has 31 heavy (non-hydrogen) atoms. The van der Waals surface area contributed by atoms with E-state index in [4.69, 9.17) is 16.3 Å². The summed E-state index contributed by atoms with van der Waals surface area (Å²) >= 11 is 5.93. The topological polar surface area (TPSA) is 82.0 Å². The number of fused-ring (bicyclic) bond motifs is 1. The molecule has 2 aromatic carbocycles. The van der Waals surface area contributed by atoms with Gasteiger partial charge < -0.3 is 20.3 Å². The summed E-state index contributed by atoms with van der Waals surface area (Å²) < 4.78 is 5.32. The van der Waals surface area contributed by atoms with E-state index in [9.17, 15) is 15.0 Å². The minimum absolute atomic E-state index is 0.0209. The Morgan fingerprint density at radius 3 is 2.74 bits per heavy atom. The number of aromatic hydroxyl groups is 1. The number of hydrogen-bond acceptors (Lipinski definition) is 5. The first-order valence-corrected chi connectivity index (χ1v) is 11.2. The van der Waals surface area contributed by atoms with Gasteiger partial charge in [0.25, 0.3) is 0 Å². The van der Waals surface area contributed by atoms with Gasteiger partial charge in [-0.1, -0.05) is 30.5 Å². The molecular weight excluding hydrogens is 416 g/mol. The van der Waals surface area contributed by atoms with Crippen molar-refractivity contribution in [1.29, 1.82) is 0 Å². The van der Waals surface area contributed by atoms with Gasteiger partial charge in [0.2, 0.25) is 5.91 Å². The van der Waals surface area contributed by atoms with Crippen molar-refractivity contribution in [2.45, 2.75) is 43.7 Å². The number of rotatable bonds is 5. The maximum absolute atomic E-state index is 12.8. The zero-order valence-corrected chi connectivity index (χ0v) is 18.4. The number of piperidine rings is 1. The molecule has 2 aliphatic rings. The molecule has 1 saturated heterocycles. The number of carbonyl (C=O) groups is 1. The molecular formula is C24H29ClN2O4. The maximum Gasteiger partial charge on any atom is 0.238 e. The molecule has 1 aliphatic heterocycles. The molecule has 3 N–H and O–H groups in total. The lowest BCUT2D eigenvalue weighted by Gasteiger charge is -2.52. The number of hydrogen-bond donors (Lipinski definition) is 3. The zero-order valence-electron chi connectivity index (χ0n) is 17.7. The molecule has 6 nitrogen and oxygen atoms in total. The first kappa shape index (κ1) is 21.9. The molecule has 1 heterocycles. The molecule has 2 fully saturated rings. The van der Waals surface area contributed by atoms with E-state index in [-0.39, 0.29) is 30.2 Å². The number of halogens is 1. The number of carbonyl (C=O) groups excluding carboxylic acids is 1. The Hall–Kier alpha value is -2.28. The monoisotopic (exact) mass is 444 g/mol. The first-order chi connectivity index (χ1) is 14.9. The number of phenols is 1. The number of phenolic OH excluding ortho intramolecular Hbond substituents is 1. The van der Waals surface area contributed by atoms with E-state index >= 15 is 0 Å². The van der Waals surface area contributed by atoms with Crippen molar-refractivity contribution in [3.63, 3.8) is 0 Å². The van der Waals surface area contributed by atoms with Crippen LogP contribution in [0, 0.1) is 5.92 Å². The van der Waals surface area contributed by atoms with Crippen LogP contribution in [0.5, 0.6) is 11.5 Å². The van der Waals surface area contributed by atoms with Gasteiger partial charge in [-0.2, -0.15) is 0 Å². The summed E-state index contributed by atoms with van der Waals surface area (Å²) in [5.74, 6) is 0.382. The van der Waals surface area contributed by atoms with E-state index in [1.165, 1.54) is 7.11 Å². The van der Waals surface area contributed by atoms with Crippen molar-refractivity contribution >= 4 is 23.2 Å². The molecule has 166 valence electrons. The van der Waals surface area contributed by atoms with Crippen LogP contribution >= 0.6 is 11.6 Å². The number of benzene rings is 2. The van der Waals surface area contributed by atoms with E-state index in [0.717, 1.165) is 31.2 Å². The second kappa shape index (κ2) is 9.07. The lowest BCUT2D eigenvalue weighted by molar-refractivity contribution is -0.135. The number of methoxy groups -OCH3 is 1. The van der Waals surface area contributed by atoms with Gasteiger partial charge in [-0.25, -0.2) is 0 Å². The number of amides is 1. The molecule has 7 heteroatoms. The van der Waals surface area contributed by atoms with Gasteiger partial charge >= 0.3 is 0 Å². The second-order valence-corrected chi connectivity index (χ2v) is 9.04. The van der Waals surface area contributed by atoms with Crippen LogP contribution < -0.4 is 10.1 Å². The summed E-state index contributed by atoms with van der Waals surface area (Å²) in [6.45, 7) is 0.831. The van der Waals surface area contributed by atoms with Gasteiger partial charge in [-0.15, -0.1) is 0 Å². The van der Waals surface area contributed by atoms with Crippen LogP contribution in [0.4, 0.5) is 5.69 Å². The Bertz CT molecular complexity index is 936. The molecule has 0 radical (unpaired) electrons. The lowest BCUT2D eigenvalue weighted by atomic mass is 9.66. The third-order valence-corrected chi connectivity index (χ3v) is 6.94. The number of likely N-dealkylation sites (tertiary alicyclic amines) is 1. The zero-order chi connectivity index (χ0) is 22.0. The molecule has 0 spiro atoms. The fourth-order valence-corrected chi connectivity index (χ4v) is 5.29. The number of aliphatic hydroxyl groups is 1. The third kappa shape index (κ3) is 4.66. The van der Waals surface area contributed by atoms with Crippen molar-refractivity contribution in [3.05, 3.63) is 53.1 Å². The van der Waals surface area contributed by atoms with Gasteiger partial charge in [0.05, 0.1) is 19.3 Å². The quantitative estimate of drug-likeness (QED) is 0.638.